The quantitative estimate of drug-likeness (QED) is 0.668. The van der Waals surface area contributed by atoms with E-state index >= 15 is 0 Å². The molecular weight excluding hydrogens is 306 g/mol. The number of carbonyl (C=O) groups excluding carboxylic acids is 1. The number of rotatable bonds is 4. The number of amides is 1. The molecule has 24 heavy (non-hydrogen) atoms. The number of hydrogen-bond acceptors (Lipinski definition) is 4. The van der Waals surface area contributed by atoms with Gasteiger partial charge in [0, 0.05) is 18.7 Å². The van der Waals surface area contributed by atoms with Crippen molar-refractivity contribution in [1.29, 1.82) is 0 Å². The average Bonchev–Trinajstić information content (AvgIpc) is 2.59. The van der Waals surface area contributed by atoms with Gasteiger partial charge in [-0.15, -0.1) is 0 Å². The van der Waals surface area contributed by atoms with E-state index in [0.29, 0.717) is 6.54 Å². The van der Waals surface area contributed by atoms with E-state index in [2.05, 4.69) is 16.7 Å². The van der Waals surface area contributed by atoms with Crippen LogP contribution in [0.25, 0.3) is 0 Å². The number of nitrogens with one attached hydrogen (secondary N) is 2. The molecule has 2 aromatic carbocycles. The van der Waals surface area contributed by atoms with Crippen LogP contribution in [0.2, 0.25) is 0 Å². The van der Waals surface area contributed by atoms with E-state index < -0.39 is 10.8 Å². The highest BCUT2D eigenvalue weighted by atomic mass is 16.6. The Bertz CT molecular complexity index is 789. The molecule has 0 spiro atoms. The molecule has 1 aliphatic heterocycles. The van der Waals surface area contributed by atoms with Crippen molar-refractivity contribution in [2.45, 2.75) is 19.4 Å². The minimum absolute atomic E-state index is 0.0164. The maximum Gasteiger partial charge on any atom is 0.282 e. The maximum atomic E-state index is 12.4. The number of aryl methyl sites for hydroxylation is 1. The van der Waals surface area contributed by atoms with Gasteiger partial charge in [-0.1, -0.05) is 30.3 Å². The van der Waals surface area contributed by atoms with Crippen LogP contribution in [-0.4, -0.2) is 23.9 Å². The van der Waals surface area contributed by atoms with Crippen molar-refractivity contribution in [3.8, 4) is 0 Å². The Hall–Kier alpha value is -2.73. The molecule has 2 aromatic rings. The number of carbonyl (C=O) groups is 1. The van der Waals surface area contributed by atoms with Gasteiger partial charge in [0.05, 0.1) is 4.92 Å². The first kappa shape index (κ1) is 16.1. The fraction of sp³-hybridized carbons (Fsp3) is 0.278. The first-order chi connectivity index (χ1) is 11.6. The molecule has 2 N–H and O–H groups in total. The zero-order chi connectivity index (χ0) is 17.1. The summed E-state index contributed by atoms with van der Waals surface area (Å²) in [5, 5.41) is 17.3. The van der Waals surface area contributed by atoms with Crippen LogP contribution in [0.15, 0.2) is 42.5 Å². The summed E-state index contributed by atoms with van der Waals surface area (Å²) < 4.78 is 0. The van der Waals surface area contributed by atoms with Gasteiger partial charge in [-0.05, 0) is 42.6 Å². The Morgan fingerprint density at radius 3 is 2.92 bits per heavy atom. The number of nitrogens with zero attached hydrogens (tertiary/aromatic N) is 1. The van der Waals surface area contributed by atoms with Gasteiger partial charge in [-0.25, -0.2) is 0 Å². The van der Waals surface area contributed by atoms with E-state index in [1.807, 2.05) is 18.2 Å². The third-order valence-electron chi connectivity index (χ3n) is 4.28. The number of nitro groups is 1. The smallest absolute Gasteiger partial charge is 0.282 e. The molecule has 1 unspecified atom stereocenters. The average molecular weight is 325 g/mol. The van der Waals surface area contributed by atoms with Crippen molar-refractivity contribution in [3.05, 3.63) is 74.8 Å². The second-order valence-electron chi connectivity index (χ2n) is 5.94. The molecule has 6 nitrogen and oxygen atoms in total. The first-order valence-electron chi connectivity index (χ1n) is 7.90. The lowest BCUT2D eigenvalue weighted by Crippen LogP contribution is -2.39. The summed E-state index contributed by atoms with van der Waals surface area (Å²) in [4.78, 5) is 23.0. The van der Waals surface area contributed by atoms with Crippen molar-refractivity contribution >= 4 is 11.6 Å². The van der Waals surface area contributed by atoms with Crippen molar-refractivity contribution in [3.63, 3.8) is 0 Å². The standard InChI is InChI=1S/C18H19N3O3/c1-12-6-7-17(21(23)24)15(10-12)18(22)20-11-16-14-5-3-2-4-13(14)8-9-19-16/h2-7,10,16,19H,8-9,11H2,1H3,(H,20,22). The highest BCUT2D eigenvalue weighted by Crippen LogP contribution is 2.23. The van der Waals surface area contributed by atoms with Crippen LogP contribution in [0, 0.1) is 17.0 Å². The van der Waals surface area contributed by atoms with Gasteiger partial charge in [0.1, 0.15) is 5.56 Å². The molecule has 0 aromatic heterocycles. The van der Waals surface area contributed by atoms with E-state index in [1.165, 1.54) is 17.2 Å². The van der Waals surface area contributed by atoms with Gasteiger partial charge in [0.15, 0.2) is 0 Å². The number of fused-ring (bicyclic) bond motifs is 1. The fourth-order valence-electron chi connectivity index (χ4n) is 3.06. The number of nitro benzene ring substituents is 1. The molecule has 124 valence electrons. The van der Waals surface area contributed by atoms with Gasteiger partial charge in [-0.2, -0.15) is 0 Å². The van der Waals surface area contributed by atoms with Gasteiger partial charge >= 0.3 is 0 Å². The summed E-state index contributed by atoms with van der Waals surface area (Å²) >= 11 is 0. The van der Waals surface area contributed by atoms with E-state index in [-0.39, 0.29) is 17.3 Å². The van der Waals surface area contributed by atoms with Crippen molar-refractivity contribution < 1.29 is 9.72 Å². The lowest BCUT2D eigenvalue weighted by atomic mass is 9.94. The Labute approximate surface area is 140 Å². The summed E-state index contributed by atoms with van der Waals surface area (Å²) in [6.07, 6.45) is 0.962. The minimum atomic E-state index is -0.525. The Balaban J connectivity index is 1.76. The molecule has 1 amide bonds. The third-order valence-corrected chi connectivity index (χ3v) is 4.28. The second kappa shape index (κ2) is 6.80. The van der Waals surface area contributed by atoms with Crippen molar-refractivity contribution in [2.24, 2.45) is 0 Å². The number of hydrogen-bond donors (Lipinski definition) is 2. The molecule has 0 saturated heterocycles. The van der Waals surface area contributed by atoms with Crippen LogP contribution in [0.3, 0.4) is 0 Å². The predicted octanol–water partition coefficient (Wildman–Crippen LogP) is 2.52. The van der Waals surface area contributed by atoms with E-state index in [4.69, 9.17) is 0 Å². The molecule has 0 saturated carbocycles. The van der Waals surface area contributed by atoms with Crippen LogP contribution >= 0.6 is 0 Å². The minimum Gasteiger partial charge on any atom is -0.350 e. The molecule has 1 atom stereocenters. The van der Waals surface area contributed by atoms with Gasteiger partial charge < -0.3 is 10.6 Å². The van der Waals surface area contributed by atoms with Crippen LogP contribution in [-0.2, 0) is 6.42 Å². The highest BCUT2D eigenvalue weighted by Gasteiger charge is 2.23. The highest BCUT2D eigenvalue weighted by molar-refractivity contribution is 5.98. The summed E-state index contributed by atoms with van der Waals surface area (Å²) in [6, 6.07) is 12.7. The van der Waals surface area contributed by atoms with Gasteiger partial charge in [0.2, 0.25) is 0 Å². The summed E-state index contributed by atoms with van der Waals surface area (Å²) in [7, 11) is 0. The summed E-state index contributed by atoms with van der Waals surface area (Å²) in [5.41, 5.74) is 3.19. The molecule has 3 rings (SSSR count). The topological polar surface area (TPSA) is 84.3 Å². The largest absolute Gasteiger partial charge is 0.350 e. The molecular formula is C18H19N3O3. The molecule has 0 radical (unpaired) electrons. The van der Waals surface area contributed by atoms with E-state index in [9.17, 15) is 14.9 Å². The van der Waals surface area contributed by atoms with Crippen molar-refractivity contribution in [2.75, 3.05) is 13.1 Å². The number of benzene rings is 2. The van der Waals surface area contributed by atoms with E-state index in [1.54, 1.807) is 19.1 Å². The molecule has 0 aliphatic carbocycles. The molecule has 1 heterocycles. The molecule has 6 heteroatoms. The third kappa shape index (κ3) is 3.28. The lowest BCUT2D eigenvalue weighted by molar-refractivity contribution is -0.385. The predicted molar refractivity (Wildman–Crippen MR) is 91.1 cm³/mol. The maximum absolute atomic E-state index is 12.4. The SMILES string of the molecule is Cc1ccc([N+](=O)[O-])c(C(=O)NCC2NCCc3ccccc32)c1. The lowest BCUT2D eigenvalue weighted by Gasteiger charge is -2.27. The van der Waals surface area contributed by atoms with Gasteiger partial charge in [0.25, 0.3) is 11.6 Å². The van der Waals surface area contributed by atoms with E-state index in [0.717, 1.165) is 18.5 Å². The van der Waals surface area contributed by atoms with Crippen molar-refractivity contribution in [1.82, 2.24) is 10.6 Å². The molecule has 0 fully saturated rings. The molecule has 0 bridgehead atoms. The Kier molecular flexibility index (Phi) is 4.57. The van der Waals surface area contributed by atoms with Crippen LogP contribution < -0.4 is 10.6 Å². The first-order valence-corrected chi connectivity index (χ1v) is 7.90. The molecule has 1 aliphatic rings. The Morgan fingerprint density at radius 1 is 1.33 bits per heavy atom. The normalized spacial score (nSPS) is 16.3. The zero-order valence-corrected chi connectivity index (χ0v) is 13.4. The summed E-state index contributed by atoms with van der Waals surface area (Å²) in [6.45, 7) is 3.04. The second-order valence-corrected chi connectivity index (χ2v) is 5.94. The van der Waals surface area contributed by atoms with Gasteiger partial charge in [-0.3, -0.25) is 14.9 Å². The monoisotopic (exact) mass is 325 g/mol. The van der Waals surface area contributed by atoms with Crippen LogP contribution in [0.5, 0.6) is 0 Å². The van der Waals surface area contributed by atoms with Crippen LogP contribution in [0.4, 0.5) is 5.69 Å². The zero-order valence-electron chi connectivity index (χ0n) is 13.4. The Morgan fingerprint density at radius 2 is 2.12 bits per heavy atom. The summed E-state index contributed by atoms with van der Waals surface area (Å²) in [5.74, 6) is -0.421. The van der Waals surface area contributed by atoms with Crippen LogP contribution in [0.1, 0.15) is 33.1 Å². The fourth-order valence-corrected chi connectivity index (χ4v) is 3.06.